The fourth-order valence-corrected chi connectivity index (χ4v) is 4.77. The number of hydrogen-bond acceptors (Lipinski definition) is 1. The first kappa shape index (κ1) is 23.0. The molecule has 0 bridgehead atoms. The lowest BCUT2D eigenvalue weighted by Gasteiger charge is -2.37. The minimum atomic E-state index is -3.61. The molecule has 0 N–H and O–H groups in total. The largest absolute Gasteiger partial charge is 0.426 e. The van der Waals surface area contributed by atoms with E-state index in [1.165, 1.54) is 25.7 Å². The van der Waals surface area contributed by atoms with Gasteiger partial charge in [0.15, 0.2) is 17.4 Å². The average molecular weight is 403 g/mol. The van der Waals surface area contributed by atoms with Gasteiger partial charge in [0.2, 0.25) is 0 Å². The van der Waals surface area contributed by atoms with Gasteiger partial charge in [-0.05, 0) is 79.9 Å². The Labute approximate surface area is 166 Å². The molecule has 1 aromatic carbocycles. The smallest absolute Gasteiger partial charge is 0.395 e. The molecule has 0 atom stereocenters. The SMILES string of the molecule is CC.CC1CCC(C2CCC(c3cc(F)c(OC(C)(F)F)c(F)c3)CC2)CC1. The summed E-state index contributed by atoms with van der Waals surface area (Å²) in [6.07, 6.45) is 5.58. The Morgan fingerprint density at radius 1 is 0.821 bits per heavy atom. The molecular weight excluding hydrogens is 368 g/mol. The van der Waals surface area contributed by atoms with E-state index in [0.717, 1.165) is 55.6 Å². The second kappa shape index (κ2) is 9.98. The highest BCUT2D eigenvalue weighted by molar-refractivity contribution is 5.33. The Kier molecular flexibility index (Phi) is 8.20. The van der Waals surface area contributed by atoms with Gasteiger partial charge in [-0.1, -0.05) is 33.6 Å². The van der Waals surface area contributed by atoms with Gasteiger partial charge in [0.05, 0.1) is 0 Å². The van der Waals surface area contributed by atoms with Crippen LogP contribution >= 0.6 is 0 Å². The third-order valence-electron chi connectivity index (χ3n) is 6.27. The highest BCUT2D eigenvalue weighted by Gasteiger charge is 2.32. The first-order valence-corrected chi connectivity index (χ1v) is 10.8. The van der Waals surface area contributed by atoms with E-state index in [1.54, 1.807) is 0 Å². The normalized spacial score (nSPS) is 28.3. The molecule has 1 aromatic rings. The molecule has 0 saturated heterocycles. The topological polar surface area (TPSA) is 9.23 Å². The van der Waals surface area contributed by atoms with Gasteiger partial charge >= 0.3 is 6.11 Å². The van der Waals surface area contributed by atoms with E-state index < -0.39 is 23.5 Å². The minimum absolute atomic E-state index is 0.0916. The van der Waals surface area contributed by atoms with Crippen molar-refractivity contribution in [3.63, 3.8) is 0 Å². The Morgan fingerprint density at radius 2 is 1.25 bits per heavy atom. The van der Waals surface area contributed by atoms with Gasteiger partial charge < -0.3 is 4.74 Å². The quantitative estimate of drug-likeness (QED) is 0.463. The summed E-state index contributed by atoms with van der Waals surface area (Å²) >= 11 is 0. The van der Waals surface area contributed by atoms with Crippen molar-refractivity contribution in [3.8, 4) is 5.75 Å². The predicted octanol–water partition coefficient (Wildman–Crippen LogP) is 8.08. The molecule has 5 heteroatoms. The van der Waals surface area contributed by atoms with Crippen LogP contribution in [0.5, 0.6) is 5.75 Å². The number of benzene rings is 1. The van der Waals surface area contributed by atoms with E-state index in [2.05, 4.69) is 11.7 Å². The van der Waals surface area contributed by atoms with Crippen molar-refractivity contribution in [2.75, 3.05) is 0 Å². The number of alkyl halides is 2. The van der Waals surface area contributed by atoms with Crippen LogP contribution in [-0.2, 0) is 0 Å². The third kappa shape index (κ3) is 6.12. The fraction of sp³-hybridized carbons (Fsp3) is 0.739. The van der Waals surface area contributed by atoms with Gasteiger partial charge in [-0.3, -0.25) is 0 Å². The van der Waals surface area contributed by atoms with Gasteiger partial charge in [0, 0.05) is 6.92 Å². The van der Waals surface area contributed by atoms with E-state index in [4.69, 9.17) is 0 Å². The molecule has 0 aromatic heterocycles. The van der Waals surface area contributed by atoms with Crippen molar-refractivity contribution in [3.05, 3.63) is 29.3 Å². The summed E-state index contributed by atoms with van der Waals surface area (Å²) in [5, 5.41) is 0. The minimum Gasteiger partial charge on any atom is -0.426 e. The maximum Gasteiger partial charge on any atom is 0.395 e. The average Bonchev–Trinajstić information content (AvgIpc) is 2.66. The highest BCUT2D eigenvalue weighted by atomic mass is 19.3. The zero-order valence-corrected chi connectivity index (χ0v) is 17.5. The second-order valence-electron chi connectivity index (χ2n) is 8.36. The Bertz CT molecular complexity index is 587. The second-order valence-corrected chi connectivity index (χ2v) is 8.36. The van der Waals surface area contributed by atoms with Crippen molar-refractivity contribution in [2.24, 2.45) is 17.8 Å². The zero-order valence-electron chi connectivity index (χ0n) is 17.5. The Hall–Kier alpha value is -1.26. The lowest BCUT2D eigenvalue weighted by Crippen LogP contribution is -2.25. The maximum absolute atomic E-state index is 14.1. The van der Waals surface area contributed by atoms with Crippen LogP contribution in [0.2, 0.25) is 0 Å². The summed E-state index contributed by atoms with van der Waals surface area (Å²) in [4.78, 5) is 0. The van der Waals surface area contributed by atoms with Gasteiger partial charge in [-0.15, -0.1) is 0 Å². The fourth-order valence-electron chi connectivity index (χ4n) is 4.77. The van der Waals surface area contributed by atoms with Crippen molar-refractivity contribution in [1.29, 1.82) is 0 Å². The van der Waals surface area contributed by atoms with Crippen molar-refractivity contribution >= 4 is 0 Å². The molecule has 28 heavy (non-hydrogen) atoms. The van der Waals surface area contributed by atoms with Crippen molar-refractivity contribution in [1.82, 2.24) is 0 Å². The molecule has 0 spiro atoms. The molecule has 0 unspecified atom stereocenters. The van der Waals surface area contributed by atoms with Crippen LogP contribution in [-0.4, -0.2) is 6.11 Å². The molecule has 160 valence electrons. The van der Waals surface area contributed by atoms with E-state index >= 15 is 0 Å². The van der Waals surface area contributed by atoms with E-state index in [1.807, 2.05) is 13.8 Å². The summed E-state index contributed by atoms with van der Waals surface area (Å²) in [5.74, 6) is -0.655. The number of hydrogen-bond donors (Lipinski definition) is 0. The van der Waals surface area contributed by atoms with E-state index in [-0.39, 0.29) is 5.92 Å². The van der Waals surface area contributed by atoms with E-state index in [0.29, 0.717) is 12.5 Å². The zero-order chi connectivity index (χ0) is 20.9. The monoisotopic (exact) mass is 402 g/mol. The molecule has 3 rings (SSSR count). The molecule has 2 aliphatic rings. The third-order valence-corrected chi connectivity index (χ3v) is 6.27. The van der Waals surface area contributed by atoms with Crippen LogP contribution < -0.4 is 4.74 Å². The van der Waals surface area contributed by atoms with Gasteiger partial charge in [-0.25, -0.2) is 8.78 Å². The number of ether oxygens (including phenoxy) is 1. The van der Waals surface area contributed by atoms with Crippen LogP contribution in [0.15, 0.2) is 12.1 Å². The Balaban J connectivity index is 0.00000136. The van der Waals surface area contributed by atoms with Crippen molar-refractivity contribution < 1.29 is 22.3 Å². The standard InChI is InChI=1S/C21H28F4O.C2H6/c1-13-3-5-14(6-4-13)15-7-9-16(10-8-15)17-11-18(22)20(19(23)12-17)26-21(2,24)25;1-2/h11-16H,3-10H2,1-2H3;1-2H3. The molecule has 0 amide bonds. The van der Waals surface area contributed by atoms with E-state index in [9.17, 15) is 17.6 Å². The Morgan fingerprint density at radius 3 is 1.68 bits per heavy atom. The summed E-state index contributed by atoms with van der Waals surface area (Å²) in [6, 6.07) is 2.33. The van der Waals surface area contributed by atoms with Crippen LogP contribution in [0.4, 0.5) is 17.6 Å². The molecule has 1 nitrogen and oxygen atoms in total. The lowest BCUT2D eigenvalue weighted by molar-refractivity contribution is -0.162. The van der Waals surface area contributed by atoms with Crippen LogP contribution in [0.1, 0.15) is 90.5 Å². The van der Waals surface area contributed by atoms with Gasteiger partial charge in [-0.2, -0.15) is 8.78 Å². The molecule has 2 aliphatic carbocycles. The lowest BCUT2D eigenvalue weighted by atomic mass is 9.68. The molecule has 0 heterocycles. The summed E-state index contributed by atoms with van der Waals surface area (Å²) in [6.45, 7) is 6.78. The van der Waals surface area contributed by atoms with Crippen molar-refractivity contribution in [2.45, 2.75) is 91.1 Å². The molecular formula is C23H34F4O. The molecule has 0 radical (unpaired) electrons. The van der Waals surface area contributed by atoms with Crippen LogP contribution in [0, 0.1) is 29.4 Å². The van der Waals surface area contributed by atoms with Gasteiger partial charge in [0.25, 0.3) is 0 Å². The summed E-state index contributed by atoms with van der Waals surface area (Å²) < 4.78 is 58.2. The predicted molar refractivity (Wildman–Crippen MR) is 105 cm³/mol. The highest BCUT2D eigenvalue weighted by Crippen LogP contribution is 2.44. The molecule has 2 fully saturated rings. The first-order chi connectivity index (χ1) is 13.2. The van der Waals surface area contributed by atoms with Crippen LogP contribution in [0.25, 0.3) is 0 Å². The molecule has 0 aliphatic heterocycles. The van der Waals surface area contributed by atoms with Gasteiger partial charge in [0.1, 0.15) is 0 Å². The summed E-state index contributed by atoms with van der Waals surface area (Å²) in [7, 11) is 0. The summed E-state index contributed by atoms with van der Waals surface area (Å²) in [5.41, 5.74) is 0.558. The number of rotatable bonds is 4. The first-order valence-electron chi connectivity index (χ1n) is 10.8. The number of halogens is 4. The molecule has 2 saturated carbocycles. The maximum atomic E-state index is 14.1. The van der Waals surface area contributed by atoms with Crippen LogP contribution in [0.3, 0.4) is 0 Å².